The fraction of sp³-hybridized carbons (Fsp3) is 0.273. The molecule has 0 aliphatic rings. The van der Waals surface area contributed by atoms with Gasteiger partial charge in [-0.05, 0) is 28.1 Å². The number of halogens is 2. The molecule has 0 N–H and O–H groups in total. The molecule has 0 aliphatic heterocycles. The van der Waals surface area contributed by atoms with Crippen LogP contribution in [0.3, 0.4) is 0 Å². The highest BCUT2D eigenvalue weighted by Gasteiger charge is 2.07. The topological polar surface area (TPSA) is 38.9 Å². The molecule has 1 heterocycles. The van der Waals surface area contributed by atoms with Gasteiger partial charge in [0.2, 0.25) is 5.89 Å². The average Bonchev–Trinajstić information content (AvgIpc) is 2.76. The highest BCUT2D eigenvalue weighted by molar-refractivity contribution is 9.10. The molecule has 3 nitrogen and oxygen atoms in total. The summed E-state index contributed by atoms with van der Waals surface area (Å²) >= 11 is 10.8. The maximum atomic E-state index is 5.60. The van der Waals surface area contributed by atoms with Crippen LogP contribution in [-0.4, -0.2) is 16.0 Å². The standard InChI is InChI=1S/C11H10BrClN2OS/c12-8-3-1-2-4-9(8)17-7-10-14-11(5-6-13)16-15-10/h1-4H,5-7H2. The van der Waals surface area contributed by atoms with Crippen LogP contribution in [0.1, 0.15) is 11.7 Å². The molecule has 0 radical (unpaired) electrons. The first-order valence-corrected chi connectivity index (χ1v) is 7.35. The Morgan fingerprint density at radius 3 is 2.94 bits per heavy atom. The van der Waals surface area contributed by atoms with Gasteiger partial charge >= 0.3 is 0 Å². The third kappa shape index (κ3) is 3.72. The predicted octanol–water partition coefficient (Wildman–Crippen LogP) is 3.91. The van der Waals surface area contributed by atoms with Crippen molar-refractivity contribution in [3.63, 3.8) is 0 Å². The summed E-state index contributed by atoms with van der Waals surface area (Å²) in [5, 5.41) is 3.90. The molecule has 0 unspecified atom stereocenters. The molecular formula is C11H10BrClN2OS. The van der Waals surface area contributed by atoms with E-state index in [0.29, 0.717) is 29.8 Å². The first-order valence-electron chi connectivity index (χ1n) is 5.04. The molecule has 0 fully saturated rings. The summed E-state index contributed by atoms with van der Waals surface area (Å²) in [5.41, 5.74) is 0. The van der Waals surface area contributed by atoms with Crippen molar-refractivity contribution in [2.75, 3.05) is 5.88 Å². The fourth-order valence-electron chi connectivity index (χ4n) is 1.24. The lowest BCUT2D eigenvalue weighted by molar-refractivity contribution is 0.378. The van der Waals surface area contributed by atoms with Crippen molar-refractivity contribution >= 4 is 39.3 Å². The molecule has 2 rings (SSSR count). The number of aromatic nitrogens is 2. The highest BCUT2D eigenvalue weighted by atomic mass is 79.9. The lowest BCUT2D eigenvalue weighted by Gasteiger charge is -2.00. The Hall–Kier alpha value is -0.520. The predicted molar refractivity (Wildman–Crippen MR) is 72.4 cm³/mol. The maximum Gasteiger partial charge on any atom is 0.227 e. The van der Waals surface area contributed by atoms with Crippen LogP contribution < -0.4 is 0 Å². The smallest absolute Gasteiger partial charge is 0.227 e. The number of nitrogens with zero attached hydrogens (tertiary/aromatic N) is 2. The average molecular weight is 334 g/mol. The molecule has 1 aromatic carbocycles. The second-order valence-electron chi connectivity index (χ2n) is 3.26. The van der Waals surface area contributed by atoms with Crippen LogP contribution >= 0.6 is 39.3 Å². The first kappa shape index (κ1) is 12.9. The zero-order valence-corrected chi connectivity index (χ0v) is 12.1. The largest absolute Gasteiger partial charge is 0.339 e. The molecular weight excluding hydrogens is 324 g/mol. The Balaban J connectivity index is 1.95. The Kier molecular flexibility index (Phi) is 4.88. The molecule has 0 saturated carbocycles. The minimum atomic E-state index is 0.499. The van der Waals surface area contributed by atoms with Crippen molar-refractivity contribution < 1.29 is 4.52 Å². The van der Waals surface area contributed by atoms with Crippen molar-refractivity contribution in [1.82, 2.24) is 10.1 Å². The van der Waals surface area contributed by atoms with E-state index in [1.165, 1.54) is 0 Å². The summed E-state index contributed by atoms with van der Waals surface area (Å²) in [5.74, 6) is 2.49. The van der Waals surface area contributed by atoms with Gasteiger partial charge in [0, 0.05) is 21.7 Å². The quantitative estimate of drug-likeness (QED) is 0.614. The van der Waals surface area contributed by atoms with Gasteiger partial charge in [-0.25, -0.2) is 0 Å². The normalized spacial score (nSPS) is 10.7. The molecule has 0 saturated heterocycles. The Labute approximate surface area is 117 Å². The number of hydrogen-bond donors (Lipinski definition) is 0. The summed E-state index contributed by atoms with van der Waals surface area (Å²) in [6, 6.07) is 8.05. The van der Waals surface area contributed by atoms with Crippen molar-refractivity contribution in [1.29, 1.82) is 0 Å². The Bertz CT molecular complexity index is 492. The van der Waals surface area contributed by atoms with E-state index in [4.69, 9.17) is 16.1 Å². The van der Waals surface area contributed by atoms with Gasteiger partial charge in [-0.3, -0.25) is 0 Å². The van der Waals surface area contributed by atoms with Crippen LogP contribution in [0.4, 0.5) is 0 Å². The maximum absolute atomic E-state index is 5.60. The molecule has 0 aliphatic carbocycles. The number of thioether (sulfide) groups is 1. The minimum absolute atomic E-state index is 0.499. The van der Waals surface area contributed by atoms with E-state index in [-0.39, 0.29) is 0 Å². The molecule has 0 atom stereocenters. The molecule has 90 valence electrons. The molecule has 6 heteroatoms. The third-order valence-corrected chi connectivity index (χ3v) is 4.22. The summed E-state index contributed by atoms with van der Waals surface area (Å²) in [6.07, 6.45) is 0.619. The second kappa shape index (κ2) is 6.42. The summed E-state index contributed by atoms with van der Waals surface area (Å²) in [6.45, 7) is 0. The van der Waals surface area contributed by atoms with Gasteiger partial charge in [0.25, 0.3) is 0 Å². The summed E-state index contributed by atoms with van der Waals surface area (Å²) < 4.78 is 6.13. The van der Waals surface area contributed by atoms with Crippen molar-refractivity contribution in [3.8, 4) is 0 Å². The first-order chi connectivity index (χ1) is 8.29. The number of rotatable bonds is 5. The molecule has 0 spiro atoms. The van der Waals surface area contributed by atoms with Gasteiger partial charge in [0.1, 0.15) is 0 Å². The zero-order chi connectivity index (χ0) is 12.1. The minimum Gasteiger partial charge on any atom is -0.339 e. The number of hydrogen-bond acceptors (Lipinski definition) is 4. The van der Waals surface area contributed by atoms with E-state index in [1.807, 2.05) is 18.2 Å². The Morgan fingerprint density at radius 1 is 1.35 bits per heavy atom. The van der Waals surface area contributed by atoms with Gasteiger partial charge in [0.05, 0.1) is 5.75 Å². The van der Waals surface area contributed by atoms with E-state index >= 15 is 0 Å². The molecule has 0 bridgehead atoms. The summed E-state index contributed by atoms with van der Waals surface area (Å²) in [4.78, 5) is 5.41. The highest BCUT2D eigenvalue weighted by Crippen LogP contribution is 2.28. The van der Waals surface area contributed by atoms with Gasteiger partial charge in [0.15, 0.2) is 5.82 Å². The van der Waals surface area contributed by atoms with Crippen LogP contribution in [0.2, 0.25) is 0 Å². The van der Waals surface area contributed by atoms with E-state index < -0.39 is 0 Å². The lowest BCUT2D eigenvalue weighted by Crippen LogP contribution is -1.88. The van der Waals surface area contributed by atoms with Crippen LogP contribution in [0.25, 0.3) is 0 Å². The van der Waals surface area contributed by atoms with E-state index in [0.717, 1.165) is 9.37 Å². The van der Waals surface area contributed by atoms with Crippen LogP contribution in [0, 0.1) is 0 Å². The monoisotopic (exact) mass is 332 g/mol. The number of aryl methyl sites for hydroxylation is 1. The van der Waals surface area contributed by atoms with Crippen LogP contribution in [0.5, 0.6) is 0 Å². The molecule has 17 heavy (non-hydrogen) atoms. The van der Waals surface area contributed by atoms with Gasteiger partial charge in [-0.1, -0.05) is 17.3 Å². The fourth-order valence-corrected chi connectivity index (χ4v) is 2.81. The van der Waals surface area contributed by atoms with E-state index in [1.54, 1.807) is 11.8 Å². The van der Waals surface area contributed by atoms with Gasteiger partial charge in [-0.15, -0.1) is 23.4 Å². The van der Waals surface area contributed by atoms with Gasteiger partial charge in [-0.2, -0.15) is 4.98 Å². The second-order valence-corrected chi connectivity index (χ2v) is 5.51. The van der Waals surface area contributed by atoms with E-state index in [9.17, 15) is 0 Å². The van der Waals surface area contributed by atoms with E-state index in [2.05, 4.69) is 32.1 Å². The third-order valence-electron chi connectivity index (χ3n) is 2.01. The SMILES string of the molecule is ClCCc1nc(CSc2ccccc2Br)no1. The lowest BCUT2D eigenvalue weighted by atomic mass is 10.4. The van der Waals surface area contributed by atoms with Crippen molar-refractivity contribution in [2.24, 2.45) is 0 Å². The summed E-state index contributed by atoms with van der Waals surface area (Å²) in [7, 11) is 0. The van der Waals surface area contributed by atoms with Crippen LogP contribution in [-0.2, 0) is 12.2 Å². The number of alkyl halides is 1. The number of benzene rings is 1. The molecule has 1 aromatic heterocycles. The molecule has 0 amide bonds. The molecule has 2 aromatic rings. The van der Waals surface area contributed by atoms with Gasteiger partial charge < -0.3 is 4.52 Å². The van der Waals surface area contributed by atoms with Crippen molar-refractivity contribution in [3.05, 3.63) is 40.5 Å². The Morgan fingerprint density at radius 2 is 2.18 bits per heavy atom. The van der Waals surface area contributed by atoms with Crippen LogP contribution in [0.15, 0.2) is 38.2 Å². The zero-order valence-electron chi connectivity index (χ0n) is 8.90. The van der Waals surface area contributed by atoms with Crippen molar-refractivity contribution in [2.45, 2.75) is 17.1 Å².